The summed E-state index contributed by atoms with van der Waals surface area (Å²) in [5.74, 6) is 3.50. The molecule has 0 spiro atoms. The molecule has 0 radical (unpaired) electrons. The summed E-state index contributed by atoms with van der Waals surface area (Å²) in [6.07, 6.45) is 1.31. The number of amides is 1. The van der Waals surface area contributed by atoms with E-state index in [-0.39, 0.29) is 11.9 Å². The van der Waals surface area contributed by atoms with E-state index in [9.17, 15) is 9.59 Å². The van der Waals surface area contributed by atoms with Gasteiger partial charge in [-0.2, -0.15) is 4.99 Å². The lowest BCUT2D eigenvalue weighted by Gasteiger charge is -2.07. The zero-order valence-corrected chi connectivity index (χ0v) is 10.5. The molecule has 0 saturated heterocycles. The molecule has 1 atom stereocenters. The second-order valence-corrected chi connectivity index (χ2v) is 4.13. The van der Waals surface area contributed by atoms with Crippen molar-refractivity contribution in [3.63, 3.8) is 0 Å². The summed E-state index contributed by atoms with van der Waals surface area (Å²) in [5, 5.41) is 8.62. The van der Waals surface area contributed by atoms with Gasteiger partial charge in [0.15, 0.2) is 5.49 Å². The third kappa shape index (κ3) is 3.16. The number of nitrogens with zero attached hydrogens (tertiary/aromatic N) is 3. The number of hydrogen-bond acceptors (Lipinski definition) is 4. The van der Waals surface area contributed by atoms with Crippen molar-refractivity contribution in [2.45, 2.75) is 27.2 Å². The highest BCUT2D eigenvalue weighted by Crippen LogP contribution is 2.03. The molecule has 0 aliphatic rings. The lowest BCUT2D eigenvalue weighted by atomic mass is 10.1. The van der Waals surface area contributed by atoms with Crippen LogP contribution in [0.3, 0.4) is 0 Å². The Hall–Kier alpha value is -2.18. The van der Waals surface area contributed by atoms with Crippen molar-refractivity contribution in [3.05, 3.63) is 23.1 Å². The van der Waals surface area contributed by atoms with Gasteiger partial charge in [0.2, 0.25) is 0 Å². The number of carbonyl (C=O) groups is 2. The number of nitrogen functional groups attached to an aromatic ring is 1. The number of aryl methyl sites for hydroxylation is 2. The van der Waals surface area contributed by atoms with Gasteiger partial charge in [-0.05, 0) is 13.8 Å². The van der Waals surface area contributed by atoms with Gasteiger partial charge in [0.05, 0.1) is 17.8 Å². The minimum absolute atomic E-state index is 0.247. The lowest BCUT2D eigenvalue weighted by Crippen LogP contribution is -2.34. The van der Waals surface area contributed by atoms with Gasteiger partial charge < -0.3 is 10.9 Å². The number of carboxylic acids is 1. The molecule has 7 heteroatoms. The summed E-state index contributed by atoms with van der Waals surface area (Å²) in [4.78, 5) is 30.2. The Morgan fingerprint density at radius 1 is 1.56 bits per heavy atom. The van der Waals surface area contributed by atoms with Crippen LogP contribution in [0.2, 0.25) is 0 Å². The number of aromatic nitrogens is 2. The molecule has 3 N–H and O–H groups in total. The number of carbonyl (C=O) groups excluding carboxylic acids is 1. The molecule has 0 fully saturated rings. The second-order valence-electron chi connectivity index (χ2n) is 4.13. The van der Waals surface area contributed by atoms with Crippen LogP contribution in [0.25, 0.3) is 0 Å². The van der Waals surface area contributed by atoms with Crippen LogP contribution in [-0.2, 0) is 9.59 Å². The standard InChI is InChI=1S/C11H16N4O3/c1-6(4-9(16)17)11(18)14-10-8(3)13-5-7(2)15(10)12/h5-6H,4,12H2,1-3H3,(H,16,17)/b14-10+. The molecular weight excluding hydrogens is 236 g/mol. The molecule has 0 aliphatic carbocycles. The van der Waals surface area contributed by atoms with E-state index >= 15 is 0 Å². The maximum atomic E-state index is 11.7. The fraction of sp³-hybridized carbons (Fsp3) is 0.455. The average Bonchev–Trinajstić information content (AvgIpc) is 2.28. The van der Waals surface area contributed by atoms with E-state index in [1.807, 2.05) is 0 Å². The Morgan fingerprint density at radius 3 is 2.72 bits per heavy atom. The molecule has 0 aliphatic heterocycles. The van der Waals surface area contributed by atoms with E-state index in [0.29, 0.717) is 11.4 Å². The van der Waals surface area contributed by atoms with Crippen LogP contribution in [0.5, 0.6) is 0 Å². The smallest absolute Gasteiger partial charge is 0.304 e. The van der Waals surface area contributed by atoms with Crippen LogP contribution >= 0.6 is 0 Å². The maximum Gasteiger partial charge on any atom is 0.304 e. The first-order valence-electron chi connectivity index (χ1n) is 5.43. The molecule has 0 aromatic carbocycles. The number of carboxylic acid groups (broad SMARTS) is 1. The van der Waals surface area contributed by atoms with Gasteiger partial charge in [0.25, 0.3) is 5.91 Å². The van der Waals surface area contributed by atoms with Gasteiger partial charge in [-0.3, -0.25) is 14.6 Å². The first-order valence-corrected chi connectivity index (χ1v) is 5.43. The van der Waals surface area contributed by atoms with Crippen molar-refractivity contribution < 1.29 is 14.7 Å². The molecule has 7 nitrogen and oxygen atoms in total. The first-order chi connectivity index (χ1) is 8.32. The molecule has 0 bridgehead atoms. The Labute approximate surface area is 104 Å². The van der Waals surface area contributed by atoms with E-state index in [0.717, 1.165) is 0 Å². The molecule has 98 valence electrons. The molecule has 1 aromatic rings. The van der Waals surface area contributed by atoms with Crippen LogP contribution in [0, 0.1) is 19.8 Å². The molecular formula is C11H16N4O3. The molecule has 1 aromatic heterocycles. The quantitative estimate of drug-likeness (QED) is 0.721. The molecule has 18 heavy (non-hydrogen) atoms. The summed E-state index contributed by atoms with van der Waals surface area (Å²) >= 11 is 0. The zero-order valence-electron chi connectivity index (χ0n) is 10.5. The van der Waals surface area contributed by atoms with E-state index < -0.39 is 17.8 Å². The first kappa shape index (κ1) is 13.9. The van der Waals surface area contributed by atoms with Crippen molar-refractivity contribution >= 4 is 11.9 Å². The van der Waals surface area contributed by atoms with Crippen LogP contribution in [-0.4, -0.2) is 26.6 Å². The highest BCUT2D eigenvalue weighted by atomic mass is 16.4. The summed E-state index contributed by atoms with van der Waals surface area (Å²) in [7, 11) is 0. The number of aliphatic carboxylic acids is 1. The molecule has 1 unspecified atom stereocenters. The van der Waals surface area contributed by atoms with Gasteiger partial charge in [-0.25, -0.2) is 4.68 Å². The van der Waals surface area contributed by atoms with Crippen LogP contribution in [0.1, 0.15) is 24.7 Å². The SMILES string of the molecule is Cc1ncc(C)n(N)/c1=N/C(=O)C(C)CC(=O)O. The minimum atomic E-state index is -1.04. The number of nitrogens with two attached hydrogens (primary N) is 1. The van der Waals surface area contributed by atoms with Crippen LogP contribution in [0.15, 0.2) is 11.2 Å². The predicted octanol–water partition coefficient (Wildman–Crippen LogP) is -0.248. The van der Waals surface area contributed by atoms with Crippen molar-refractivity contribution in [3.8, 4) is 0 Å². The topological polar surface area (TPSA) is 111 Å². The van der Waals surface area contributed by atoms with Gasteiger partial charge in [0, 0.05) is 12.1 Å². The maximum absolute atomic E-state index is 11.7. The highest BCUT2D eigenvalue weighted by Gasteiger charge is 2.16. The lowest BCUT2D eigenvalue weighted by molar-refractivity contribution is -0.140. The van der Waals surface area contributed by atoms with Gasteiger partial charge in [0.1, 0.15) is 0 Å². The Bertz CT molecular complexity index is 548. The zero-order chi connectivity index (χ0) is 13.9. The number of hydrogen-bond donors (Lipinski definition) is 2. The predicted molar refractivity (Wildman–Crippen MR) is 63.8 cm³/mol. The fourth-order valence-electron chi connectivity index (χ4n) is 1.35. The third-order valence-corrected chi connectivity index (χ3v) is 2.50. The third-order valence-electron chi connectivity index (χ3n) is 2.50. The largest absolute Gasteiger partial charge is 0.481 e. The van der Waals surface area contributed by atoms with Crippen LogP contribution < -0.4 is 11.3 Å². The van der Waals surface area contributed by atoms with Gasteiger partial charge in [-0.1, -0.05) is 6.92 Å². The van der Waals surface area contributed by atoms with E-state index in [2.05, 4.69) is 9.98 Å². The summed E-state index contributed by atoms with van der Waals surface area (Å²) in [6.45, 7) is 4.92. The van der Waals surface area contributed by atoms with Gasteiger partial charge >= 0.3 is 5.97 Å². The van der Waals surface area contributed by atoms with E-state index in [1.165, 1.54) is 11.6 Å². The normalized spacial score (nSPS) is 13.4. The van der Waals surface area contributed by atoms with Crippen molar-refractivity contribution in [2.75, 3.05) is 5.84 Å². The summed E-state index contributed by atoms with van der Waals surface area (Å²) < 4.78 is 1.26. The Morgan fingerprint density at radius 2 is 2.17 bits per heavy atom. The van der Waals surface area contributed by atoms with Crippen molar-refractivity contribution in [2.24, 2.45) is 10.9 Å². The molecule has 0 saturated carbocycles. The van der Waals surface area contributed by atoms with Crippen molar-refractivity contribution in [1.29, 1.82) is 0 Å². The fourth-order valence-corrected chi connectivity index (χ4v) is 1.35. The minimum Gasteiger partial charge on any atom is -0.481 e. The number of rotatable bonds is 3. The highest BCUT2D eigenvalue weighted by molar-refractivity contribution is 5.83. The Balaban J connectivity index is 3.14. The summed E-state index contributed by atoms with van der Waals surface area (Å²) in [6, 6.07) is 0. The van der Waals surface area contributed by atoms with E-state index in [1.54, 1.807) is 20.0 Å². The van der Waals surface area contributed by atoms with E-state index in [4.69, 9.17) is 10.9 Å². The van der Waals surface area contributed by atoms with Crippen LogP contribution in [0.4, 0.5) is 0 Å². The average molecular weight is 252 g/mol. The second kappa shape index (κ2) is 5.44. The molecule has 1 rings (SSSR count). The molecule has 1 heterocycles. The summed E-state index contributed by atoms with van der Waals surface area (Å²) in [5.41, 5.74) is 1.41. The molecule has 1 amide bonds. The Kier molecular flexibility index (Phi) is 4.19. The van der Waals surface area contributed by atoms with Gasteiger partial charge in [-0.15, -0.1) is 0 Å². The monoisotopic (exact) mass is 252 g/mol. The van der Waals surface area contributed by atoms with Crippen molar-refractivity contribution in [1.82, 2.24) is 9.66 Å².